The van der Waals surface area contributed by atoms with Gasteiger partial charge in [0.25, 0.3) is 0 Å². The number of benzene rings is 7. The molecule has 0 aliphatic rings. The fourth-order valence-corrected chi connectivity index (χ4v) is 7.84. The molecule has 6 nitrogen and oxygen atoms in total. The highest BCUT2D eigenvalue weighted by atomic mass is 16.3. The smallest absolute Gasteiger partial charge is 0.166 e. The summed E-state index contributed by atoms with van der Waals surface area (Å²) >= 11 is 0. The molecule has 0 bridgehead atoms. The van der Waals surface area contributed by atoms with Gasteiger partial charge in [0.15, 0.2) is 23.1 Å². The van der Waals surface area contributed by atoms with Crippen molar-refractivity contribution in [3.05, 3.63) is 176 Å². The van der Waals surface area contributed by atoms with E-state index in [4.69, 9.17) is 19.4 Å². The number of furan rings is 1. The summed E-state index contributed by atoms with van der Waals surface area (Å²) in [6.45, 7) is 0. The number of pyridine rings is 1. The molecule has 0 spiro atoms. The predicted octanol–water partition coefficient (Wildman–Crippen LogP) is 12.1. The molecule has 0 fully saturated rings. The first-order chi connectivity index (χ1) is 26.8. The quantitative estimate of drug-likeness (QED) is 0.180. The molecule has 11 aromatic rings. The third-order valence-corrected chi connectivity index (χ3v) is 10.4. The molecule has 4 heterocycles. The standard InChI is InChI=1S/C48H29N5O/c1-2-12-32-27-33(22-21-30(32)11-1)46-50-47(52-48(51-46)40-28-49-29-44-45(40)39-17-7-10-20-43(39)54-44)38-16-4-3-13-35(38)31-23-25-34(26-24-31)53-41-18-8-5-14-36(41)37-15-6-9-19-42(37)53/h1-29H. The van der Waals surface area contributed by atoms with E-state index in [1.165, 1.54) is 21.8 Å². The van der Waals surface area contributed by atoms with Crippen molar-refractivity contribution in [1.82, 2.24) is 24.5 Å². The minimum atomic E-state index is 0.532. The second kappa shape index (κ2) is 12.1. The molecule has 0 aliphatic heterocycles. The summed E-state index contributed by atoms with van der Waals surface area (Å²) in [6.07, 6.45) is 3.58. The summed E-state index contributed by atoms with van der Waals surface area (Å²) in [5.74, 6) is 1.70. The lowest BCUT2D eigenvalue weighted by atomic mass is 9.98. The lowest BCUT2D eigenvalue weighted by Crippen LogP contribution is -2.01. The molecule has 252 valence electrons. The fraction of sp³-hybridized carbons (Fsp3) is 0. The maximum absolute atomic E-state index is 6.22. The molecular weight excluding hydrogens is 663 g/mol. The van der Waals surface area contributed by atoms with Crippen molar-refractivity contribution in [1.29, 1.82) is 0 Å². The van der Waals surface area contributed by atoms with Gasteiger partial charge in [-0.25, -0.2) is 15.0 Å². The van der Waals surface area contributed by atoms with Gasteiger partial charge in [-0.05, 0) is 58.3 Å². The molecule has 0 unspecified atom stereocenters. The van der Waals surface area contributed by atoms with Gasteiger partial charge in [-0.2, -0.15) is 0 Å². The van der Waals surface area contributed by atoms with Crippen LogP contribution in [0.3, 0.4) is 0 Å². The van der Waals surface area contributed by atoms with Gasteiger partial charge in [0.1, 0.15) is 5.58 Å². The van der Waals surface area contributed by atoms with Crippen LogP contribution in [0.1, 0.15) is 0 Å². The van der Waals surface area contributed by atoms with E-state index in [0.29, 0.717) is 23.1 Å². The molecule has 7 aromatic carbocycles. The van der Waals surface area contributed by atoms with Crippen molar-refractivity contribution in [3.63, 3.8) is 0 Å². The van der Waals surface area contributed by atoms with Crippen LogP contribution in [0.2, 0.25) is 0 Å². The largest absolute Gasteiger partial charge is 0.454 e. The number of rotatable bonds is 5. The molecule has 0 aliphatic carbocycles. The highest BCUT2D eigenvalue weighted by molar-refractivity contribution is 6.11. The average molecular weight is 692 g/mol. The number of para-hydroxylation sites is 3. The van der Waals surface area contributed by atoms with Crippen molar-refractivity contribution < 1.29 is 4.42 Å². The van der Waals surface area contributed by atoms with Crippen molar-refractivity contribution in [2.75, 3.05) is 0 Å². The normalized spacial score (nSPS) is 11.7. The van der Waals surface area contributed by atoms with E-state index >= 15 is 0 Å². The summed E-state index contributed by atoms with van der Waals surface area (Å²) in [5, 5.41) is 6.67. The van der Waals surface area contributed by atoms with E-state index in [1.54, 1.807) is 6.20 Å². The van der Waals surface area contributed by atoms with E-state index < -0.39 is 0 Å². The second-order valence-electron chi connectivity index (χ2n) is 13.5. The minimum Gasteiger partial charge on any atom is -0.454 e. The topological polar surface area (TPSA) is 69.6 Å². The molecular formula is C48H29N5O. The Morgan fingerprint density at radius 1 is 0.407 bits per heavy atom. The zero-order valence-corrected chi connectivity index (χ0v) is 28.9. The molecule has 0 amide bonds. The SMILES string of the molecule is c1ccc(-c2nc(-c3ccc4ccccc4c3)nc(-c3cncc4oc5ccccc5c34)n2)c(-c2ccc(-n3c4ccccc4c4ccccc43)cc2)c1. The van der Waals surface area contributed by atoms with E-state index in [1.807, 2.05) is 30.5 Å². The highest BCUT2D eigenvalue weighted by Crippen LogP contribution is 2.38. The first-order valence-electron chi connectivity index (χ1n) is 18.0. The van der Waals surface area contributed by atoms with E-state index in [9.17, 15) is 0 Å². The molecule has 0 saturated carbocycles. The molecule has 0 atom stereocenters. The van der Waals surface area contributed by atoms with Crippen LogP contribution in [-0.4, -0.2) is 24.5 Å². The van der Waals surface area contributed by atoms with Crippen molar-refractivity contribution in [2.45, 2.75) is 0 Å². The van der Waals surface area contributed by atoms with Crippen LogP contribution in [0.15, 0.2) is 181 Å². The molecule has 11 rings (SSSR count). The first-order valence-corrected chi connectivity index (χ1v) is 18.0. The molecule has 4 aromatic heterocycles. The summed E-state index contributed by atoms with van der Waals surface area (Å²) in [5.41, 5.74) is 9.63. The van der Waals surface area contributed by atoms with Crippen molar-refractivity contribution in [3.8, 4) is 51.0 Å². The Morgan fingerprint density at radius 2 is 1.00 bits per heavy atom. The zero-order valence-electron chi connectivity index (χ0n) is 28.9. The molecule has 6 heteroatoms. The lowest BCUT2D eigenvalue weighted by Gasteiger charge is -2.13. The van der Waals surface area contributed by atoms with Gasteiger partial charge in [-0.1, -0.05) is 127 Å². The van der Waals surface area contributed by atoms with Gasteiger partial charge in [-0.3, -0.25) is 4.98 Å². The molecule has 0 saturated heterocycles. The Morgan fingerprint density at radius 3 is 1.78 bits per heavy atom. The number of nitrogens with zero attached hydrogens (tertiary/aromatic N) is 5. The number of hydrogen-bond acceptors (Lipinski definition) is 5. The summed E-state index contributed by atoms with van der Waals surface area (Å²) < 4.78 is 8.55. The Bertz CT molecular complexity index is 3180. The maximum atomic E-state index is 6.22. The predicted molar refractivity (Wildman–Crippen MR) is 218 cm³/mol. The van der Waals surface area contributed by atoms with E-state index in [2.05, 4.69) is 149 Å². The third kappa shape index (κ3) is 4.81. The van der Waals surface area contributed by atoms with Crippen molar-refractivity contribution in [2.24, 2.45) is 0 Å². The van der Waals surface area contributed by atoms with Crippen LogP contribution in [-0.2, 0) is 0 Å². The van der Waals surface area contributed by atoms with Gasteiger partial charge in [-0.15, -0.1) is 0 Å². The lowest BCUT2D eigenvalue weighted by molar-refractivity contribution is 0.667. The van der Waals surface area contributed by atoms with Gasteiger partial charge in [0.05, 0.1) is 17.2 Å². The monoisotopic (exact) mass is 691 g/mol. The van der Waals surface area contributed by atoms with Gasteiger partial charge >= 0.3 is 0 Å². The first kappa shape index (κ1) is 30.2. The fourth-order valence-electron chi connectivity index (χ4n) is 7.84. The Balaban J connectivity index is 1.09. The summed E-state index contributed by atoms with van der Waals surface area (Å²) in [4.78, 5) is 20.1. The third-order valence-electron chi connectivity index (χ3n) is 10.4. The number of fused-ring (bicyclic) bond motifs is 7. The van der Waals surface area contributed by atoms with Crippen LogP contribution in [0.5, 0.6) is 0 Å². The van der Waals surface area contributed by atoms with Crippen LogP contribution >= 0.6 is 0 Å². The van der Waals surface area contributed by atoms with Crippen LogP contribution in [0.4, 0.5) is 0 Å². The van der Waals surface area contributed by atoms with Gasteiger partial charge in [0, 0.05) is 50.1 Å². The average Bonchev–Trinajstić information content (AvgIpc) is 3.79. The maximum Gasteiger partial charge on any atom is 0.166 e. The highest BCUT2D eigenvalue weighted by Gasteiger charge is 2.20. The van der Waals surface area contributed by atoms with Crippen LogP contribution in [0.25, 0.3) is 105 Å². The molecule has 0 N–H and O–H groups in total. The Labute approximate surface area is 309 Å². The minimum absolute atomic E-state index is 0.532. The number of hydrogen-bond donors (Lipinski definition) is 0. The van der Waals surface area contributed by atoms with Crippen LogP contribution in [0, 0.1) is 0 Å². The van der Waals surface area contributed by atoms with Crippen LogP contribution < -0.4 is 0 Å². The molecule has 54 heavy (non-hydrogen) atoms. The Hall–Kier alpha value is -7.44. The van der Waals surface area contributed by atoms with Gasteiger partial charge < -0.3 is 8.98 Å². The van der Waals surface area contributed by atoms with E-state index in [0.717, 1.165) is 60.6 Å². The van der Waals surface area contributed by atoms with Crippen molar-refractivity contribution >= 4 is 54.5 Å². The second-order valence-corrected chi connectivity index (χ2v) is 13.5. The van der Waals surface area contributed by atoms with E-state index in [-0.39, 0.29) is 0 Å². The molecule has 0 radical (unpaired) electrons. The van der Waals surface area contributed by atoms with Gasteiger partial charge in [0.2, 0.25) is 0 Å². The summed E-state index contributed by atoms with van der Waals surface area (Å²) in [7, 11) is 0. The number of aromatic nitrogens is 5. The Kier molecular flexibility index (Phi) is 6.75. The zero-order chi connectivity index (χ0) is 35.6. The summed E-state index contributed by atoms with van der Waals surface area (Å²) in [6, 6.07) is 57.0.